The number of fused-ring (bicyclic) bond motifs is 1. The highest BCUT2D eigenvalue weighted by Crippen LogP contribution is 2.23. The summed E-state index contributed by atoms with van der Waals surface area (Å²) in [4.78, 5) is 26.7. The number of likely N-dealkylation sites (tertiary alicyclic amines) is 1. The Labute approximate surface area is 177 Å². The van der Waals surface area contributed by atoms with Crippen LogP contribution >= 0.6 is 11.5 Å². The molecule has 156 valence electrons. The van der Waals surface area contributed by atoms with Gasteiger partial charge in [0.1, 0.15) is 12.4 Å². The van der Waals surface area contributed by atoms with Crippen molar-refractivity contribution < 1.29 is 18.7 Å². The van der Waals surface area contributed by atoms with Gasteiger partial charge in [-0.3, -0.25) is 15.0 Å². The minimum Gasteiger partial charge on any atom is -0.448 e. The molecule has 1 saturated heterocycles. The van der Waals surface area contributed by atoms with Crippen molar-refractivity contribution in [1.29, 1.82) is 0 Å². The lowest BCUT2D eigenvalue weighted by Gasteiger charge is -2.31. The van der Waals surface area contributed by atoms with Gasteiger partial charge < -0.3 is 4.74 Å². The lowest BCUT2D eigenvalue weighted by molar-refractivity contribution is 0.0813. The van der Waals surface area contributed by atoms with Crippen molar-refractivity contribution in [2.75, 3.05) is 31.6 Å². The van der Waals surface area contributed by atoms with Gasteiger partial charge in [-0.1, -0.05) is 0 Å². The van der Waals surface area contributed by atoms with Crippen molar-refractivity contribution in [1.82, 2.24) is 9.27 Å². The minimum absolute atomic E-state index is 0.0440. The van der Waals surface area contributed by atoms with Crippen LogP contribution < -0.4 is 5.32 Å². The zero-order chi connectivity index (χ0) is 20.9. The van der Waals surface area contributed by atoms with Crippen molar-refractivity contribution in [2.24, 2.45) is 5.92 Å². The van der Waals surface area contributed by atoms with Gasteiger partial charge in [0.15, 0.2) is 5.78 Å². The van der Waals surface area contributed by atoms with Crippen LogP contribution in [0.2, 0.25) is 0 Å². The molecule has 2 heterocycles. The third kappa shape index (κ3) is 5.01. The number of piperidine rings is 1. The van der Waals surface area contributed by atoms with Crippen LogP contribution in [-0.4, -0.2) is 47.4 Å². The number of aromatic nitrogens is 1. The molecule has 0 spiro atoms. The van der Waals surface area contributed by atoms with Crippen LogP contribution in [0.1, 0.15) is 23.2 Å². The molecule has 1 aromatic heterocycles. The predicted molar refractivity (Wildman–Crippen MR) is 114 cm³/mol. The molecule has 1 N–H and O–H groups in total. The number of nitrogens with one attached hydrogen (secondary N) is 1. The molecule has 0 unspecified atom stereocenters. The summed E-state index contributed by atoms with van der Waals surface area (Å²) in [7, 11) is 0. The third-order valence-electron chi connectivity index (χ3n) is 5.33. The lowest BCUT2D eigenvalue weighted by Crippen LogP contribution is -2.38. The van der Waals surface area contributed by atoms with Gasteiger partial charge in [-0.2, -0.15) is 4.37 Å². The van der Waals surface area contributed by atoms with Crippen molar-refractivity contribution in [3.05, 3.63) is 60.0 Å². The highest BCUT2D eigenvalue weighted by Gasteiger charge is 2.25. The average Bonchev–Trinajstić information content (AvgIpc) is 3.22. The Hall–Kier alpha value is -2.84. The number of ketones is 1. The number of ether oxygens (including phenoxy) is 1. The van der Waals surface area contributed by atoms with E-state index in [-0.39, 0.29) is 24.1 Å². The first kappa shape index (κ1) is 20.4. The van der Waals surface area contributed by atoms with Gasteiger partial charge in [0.25, 0.3) is 0 Å². The van der Waals surface area contributed by atoms with Crippen LogP contribution in [0.5, 0.6) is 0 Å². The number of benzene rings is 2. The van der Waals surface area contributed by atoms with E-state index in [1.807, 2.05) is 18.2 Å². The quantitative estimate of drug-likeness (QED) is 0.583. The van der Waals surface area contributed by atoms with E-state index in [1.165, 1.54) is 23.7 Å². The van der Waals surface area contributed by atoms with Gasteiger partial charge >= 0.3 is 6.09 Å². The van der Waals surface area contributed by atoms with Gasteiger partial charge in [0.05, 0.1) is 4.70 Å². The summed E-state index contributed by atoms with van der Waals surface area (Å²) in [5.74, 6) is -0.310. The van der Waals surface area contributed by atoms with Gasteiger partial charge in [0, 0.05) is 35.3 Å². The molecule has 2 aromatic carbocycles. The van der Waals surface area contributed by atoms with Crippen LogP contribution in [-0.2, 0) is 4.74 Å². The topological polar surface area (TPSA) is 71.5 Å². The summed E-state index contributed by atoms with van der Waals surface area (Å²) < 4.78 is 23.5. The van der Waals surface area contributed by atoms with E-state index in [9.17, 15) is 14.0 Å². The number of amides is 1. The first-order chi connectivity index (χ1) is 14.6. The molecule has 8 heteroatoms. The fourth-order valence-corrected chi connectivity index (χ4v) is 4.27. The molecule has 3 aromatic rings. The maximum atomic E-state index is 13.0. The summed E-state index contributed by atoms with van der Waals surface area (Å²) in [6, 6.07) is 11.3. The molecule has 0 aliphatic carbocycles. The van der Waals surface area contributed by atoms with Crippen molar-refractivity contribution in [2.45, 2.75) is 12.8 Å². The third-order valence-corrected chi connectivity index (χ3v) is 6.11. The SMILES string of the molecule is O=C(Nc1ccc2sncc2c1)OCCN1CCC(C(=O)c2ccc(F)cc2)CC1. The molecule has 0 saturated carbocycles. The Morgan fingerprint density at radius 1 is 1.17 bits per heavy atom. The summed E-state index contributed by atoms with van der Waals surface area (Å²) >= 11 is 1.41. The van der Waals surface area contributed by atoms with Gasteiger partial charge in [-0.05, 0) is 79.9 Å². The number of carbonyl (C=O) groups is 2. The van der Waals surface area contributed by atoms with Gasteiger partial charge in [-0.15, -0.1) is 0 Å². The minimum atomic E-state index is -0.487. The second-order valence-electron chi connectivity index (χ2n) is 7.33. The highest BCUT2D eigenvalue weighted by atomic mass is 32.1. The molecule has 1 aliphatic heterocycles. The molecular weight excluding hydrogens is 405 g/mol. The first-order valence-corrected chi connectivity index (χ1v) is 10.7. The van der Waals surface area contributed by atoms with E-state index in [2.05, 4.69) is 14.6 Å². The summed E-state index contributed by atoms with van der Waals surface area (Å²) in [5.41, 5.74) is 1.24. The number of nitrogens with zero attached hydrogens (tertiary/aromatic N) is 2. The molecule has 4 rings (SSSR count). The molecular formula is C22H22FN3O3S. The zero-order valence-electron chi connectivity index (χ0n) is 16.3. The molecule has 1 fully saturated rings. The Bertz CT molecular complexity index is 1030. The maximum Gasteiger partial charge on any atom is 0.411 e. The number of anilines is 1. The highest BCUT2D eigenvalue weighted by molar-refractivity contribution is 7.13. The Morgan fingerprint density at radius 3 is 2.70 bits per heavy atom. The second-order valence-corrected chi connectivity index (χ2v) is 8.16. The molecule has 1 amide bonds. The van der Waals surface area contributed by atoms with Crippen molar-refractivity contribution in [3.63, 3.8) is 0 Å². The lowest BCUT2D eigenvalue weighted by atomic mass is 9.89. The first-order valence-electron chi connectivity index (χ1n) is 9.89. The van der Waals surface area contributed by atoms with Crippen LogP contribution in [0.15, 0.2) is 48.7 Å². The number of halogens is 1. The van der Waals surface area contributed by atoms with Crippen molar-refractivity contribution in [3.8, 4) is 0 Å². The summed E-state index contributed by atoms with van der Waals surface area (Å²) in [6.45, 7) is 2.44. The second kappa shape index (κ2) is 9.32. The van der Waals surface area contributed by atoms with Crippen LogP contribution in [0.4, 0.5) is 14.9 Å². The number of hydrogen-bond acceptors (Lipinski definition) is 6. The average molecular weight is 428 g/mol. The van der Waals surface area contributed by atoms with E-state index in [1.54, 1.807) is 18.3 Å². The van der Waals surface area contributed by atoms with Crippen LogP contribution in [0.25, 0.3) is 10.1 Å². The zero-order valence-corrected chi connectivity index (χ0v) is 17.2. The van der Waals surface area contributed by atoms with Crippen LogP contribution in [0.3, 0.4) is 0 Å². The monoisotopic (exact) mass is 427 g/mol. The maximum absolute atomic E-state index is 13.0. The van der Waals surface area contributed by atoms with E-state index in [0.29, 0.717) is 17.8 Å². The number of hydrogen-bond donors (Lipinski definition) is 1. The molecule has 0 bridgehead atoms. The standard InChI is InChI=1S/C22H22FN3O3S/c23-18-3-1-15(2-4-18)21(27)16-7-9-26(10-8-16)11-12-29-22(28)25-19-5-6-20-17(13-19)14-24-30-20/h1-6,13-14,16H,7-12H2,(H,25,28). The number of rotatable bonds is 6. The molecule has 6 nitrogen and oxygen atoms in total. The molecule has 0 radical (unpaired) electrons. The Morgan fingerprint density at radius 2 is 1.93 bits per heavy atom. The van der Waals surface area contributed by atoms with Gasteiger partial charge in [0.2, 0.25) is 0 Å². The molecule has 30 heavy (non-hydrogen) atoms. The van der Waals surface area contributed by atoms with E-state index in [4.69, 9.17) is 4.74 Å². The number of Topliss-reactive ketones (excluding diaryl/α,β-unsaturated/α-hetero) is 1. The summed E-state index contributed by atoms with van der Waals surface area (Å²) in [6.07, 6.45) is 2.77. The number of carbonyl (C=O) groups excluding carboxylic acids is 2. The fourth-order valence-electron chi connectivity index (χ4n) is 3.64. The van der Waals surface area contributed by atoms with Gasteiger partial charge in [-0.25, -0.2) is 9.18 Å². The van der Waals surface area contributed by atoms with E-state index < -0.39 is 6.09 Å². The normalized spacial score (nSPS) is 15.2. The van der Waals surface area contributed by atoms with Crippen LogP contribution in [0, 0.1) is 11.7 Å². The fraction of sp³-hybridized carbons (Fsp3) is 0.318. The largest absolute Gasteiger partial charge is 0.448 e. The molecule has 0 atom stereocenters. The Kier molecular flexibility index (Phi) is 6.35. The molecule has 1 aliphatic rings. The van der Waals surface area contributed by atoms with E-state index in [0.717, 1.165) is 36.0 Å². The smallest absolute Gasteiger partial charge is 0.411 e. The predicted octanol–water partition coefficient (Wildman–Crippen LogP) is 4.58. The summed E-state index contributed by atoms with van der Waals surface area (Å²) in [5, 5.41) is 3.71. The van der Waals surface area contributed by atoms with Crippen molar-refractivity contribution >= 4 is 39.2 Å². The van der Waals surface area contributed by atoms with E-state index >= 15 is 0 Å². The Balaban J connectivity index is 1.18.